The van der Waals surface area contributed by atoms with E-state index >= 15 is 0 Å². The van der Waals surface area contributed by atoms with Gasteiger partial charge in [0.05, 0.1) is 12.0 Å². The van der Waals surface area contributed by atoms with Gasteiger partial charge in [0, 0.05) is 0 Å². The summed E-state index contributed by atoms with van der Waals surface area (Å²) in [5.74, 6) is -3.63. The third-order valence-electron chi connectivity index (χ3n) is 3.47. The molecule has 1 aromatic carbocycles. The summed E-state index contributed by atoms with van der Waals surface area (Å²) < 4.78 is 52.4. The molecule has 1 fully saturated rings. The molecular weight excluding hydrogens is 308 g/mol. The maximum Gasteiger partial charge on any atom is 0.437 e. The zero-order valence-electron chi connectivity index (χ0n) is 11.2. The lowest BCUT2D eigenvalue weighted by molar-refractivity contribution is -0.290. The minimum atomic E-state index is -5.26. The molecule has 22 heavy (non-hydrogen) atoms. The number of urea groups is 1. The number of halogens is 4. The predicted molar refractivity (Wildman–Crippen MR) is 66.0 cm³/mol. The van der Waals surface area contributed by atoms with Crippen molar-refractivity contribution in [2.45, 2.75) is 24.9 Å². The van der Waals surface area contributed by atoms with E-state index in [1.807, 2.05) is 0 Å². The Kier molecular flexibility index (Phi) is 3.86. The third-order valence-corrected chi connectivity index (χ3v) is 3.47. The summed E-state index contributed by atoms with van der Waals surface area (Å²) in [5.41, 5.74) is -3.64. The summed E-state index contributed by atoms with van der Waals surface area (Å²) in [6, 6.07) is 1.50. The van der Waals surface area contributed by atoms with Crippen molar-refractivity contribution in [2.24, 2.45) is 5.92 Å². The highest BCUT2D eigenvalue weighted by Crippen LogP contribution is 2.42. The molecule has 1 aromatic rings. The fourth-order valence-corrected chi connectivity index (χ4v) is 2.47. The Labute approximate surface area is 122 Å². The van der Waals surface area contributed by atoms with Crippen LogP contribution in [0.3, 0.4) is 0 Å². The molecule has 2 amide bonds. The van der Waals surface area contributed by atoms with E-state index in [0.717, 1.165) is 31.2 Å². The van der Waals surface area contributed by atoms with Crippen LogP contribution in [0.15, 0.2) is 24.3 Å². The number of carbonyl (C=O) groups is 2. The molecule has 3 N–H and O–H groups in total. The summed E-state index contributed by atoms with van der Waals surface area (Å²) in [6.07, 6.45) is -5.26. The monoisotopic (exact) mass is 320 g/mol. The first-order chi connectivity index (χ1) is 10.1. The van der Waals surface area contributed by atoms with Gasteiger partial charge in [-0.05, 0) is 24.6 Å². The van der Waals surface area contributed by atoms with E-state index in [9.17, 15) is 32.3 Å². The predicted octanol–water partition coefficient (Wildman–Crippen LogP) is 1.64. The molecule has 0 aliphatic carbocycles. The normalized spacial score (nSPS) is 28.7. The summed E-state index contributed by atoms with van der Waals surface area (Å²) in [7, 11) is 0. The van der Waals surface area contributed by atoms with Crippen molar-refractivity contribution < 1.29 is 32.3 Å². The second-order valence-electron chi connectivity index (χ2n) is 4.98. The van der Waals surface area contributed by atoms with E-state index in [1.165, 1.54) is 5.32 Å². The van der Waals surface area contributed by atoms with Crippen LogP contribution in [0.1, 0.15) is 18.5 Å². The van der Waals surface area contributed by atoms with Crippen molar-refractivity contribution in [2.75, 3.05) is 0 Å². The van der Waals surface area contributed by atoms with Crippen LogP contribution in [0.2, 0.25) is 0 Å². The van der Waals surface area contributed by atoms with E-state index in [-0.39, 0.29) is 5.56 Å². The second kappa shape index (κ2) is 5.24. The standard InChI is InChI=1S/C13H12F4N2O3/c1-6(20)9-10(7-2-4-8(14)5-3-7)18-11(21)19-12(9,22)13(15,16)17/h2-5,9-10,22H,1H3,(H2,18,19,21)/t9-,10+,12+/m0/s1. The number of nitrogens with one attached hydrogen (secondary N) is 2. The van der Waals surface area contributed by atoms with Crippen molar-refractivity contribution in [3.63, 3.8) is 0 Å². The molecule has 120 valence electrons. The van der Waals surface area contributed by atoms with Gasteiger partial charge in [-0.15, -0.1) is 0 Å². The Morgan fingerprint density at radius 1 is 1.27 bits per heavy atom. The van der Waals surface area contributed by atoms with Crippen LogP contribution in [0.4, 0.5) is 22.4 Å². The molecule has 2 rings (SSSR count). The fraction of sp³-hybridized carbons (Fsp3) is 0.385. The summed E-state index contributed by atoms with van der Waals surface area (Å²) in [6.45, 7) is 0.872. The molecule has 0 aromatic heterocycles. The highest BCUT2D eigenvalue weighted by Gasteiger charge is 2.65. The molecule has 3 atom stereocenters. The van der Waals surface area contributed by atoms with Crippen molar-refractivity contribution in [3.05, 3.63) is 35.6 Å². The number of carbonyl (C=O) groups excluding carboxylic acids is 2. The molecule has 0 saturated carbocycles. The number of hydrogen-bond donors (Lipinski definition) is 3. The molecule has 1 aliphatic heterocycles. The van der Waals surface area contributed by atoms with E-state index in [0.29, 0.717) is 0 Å². The number of benzene rings is 1. The molecule has 0 spiro atoms. The maximum atomic E-state index is 13.2. The topological polar surface area (TPSA) is 78.4 Å². The summed E-state index contributed by atoms with van der Waals surface area (Å²) in [5, 5.41) is 13.4. The molecule has 1 aliphatic rings. The summed E-state index contributed by atoms with van der Waals surface area (Å²) in [4.78, 5) is 23.2. The fourth-order valence-electron chi connectivity index (χ4n) is 2.47. The van der Waals surface area contributed by atoms with Gasteiger partial charge >= 0.3 is 12.2 Å². The Morgan fingerprint density at radius 2 is 1.82 bits per heavy atom. The molecular formula is C13H12F4N2O3. The van der Waals surface area contributed by atoms with Crippen LogP contribution in [0, 0.1) is 11.7 Å². The maximum absolute atomic E-state index is 13.2. The van der Waals surface area contributed by atoms with E-state index in [4.69, 9.17) is 0 Å². The number of aliphatic hydroxyl groups is 1. The van der Waals surface area contributed by atoms with Crippen molar-refractivity contribution in [1.29, 1.82) is 0 Å². The highest BCUT2D eigenvalue weighted by molar-refractivity contribution is 5.86. The Bertz CT molecular complexity index is 602. The number of alkyl halides is 3. The highest BCUT2D eigenvalue weighted by atomic mass is 19.4. The largest absolute Gasteiger partial charge is 0.437 e. The van der Waals surface area contributed by atoms with Gasteiger partial charge in [0.15, 0.2) is 0 Å². The van der Waals surface area contributed by atoms with Crippen LogP contribution >= 0.6 is 0 Å². The molecule has 1 saturated heterocycles. The third kappa shape index (κ3) is 2.63. The van der Waals surface area contributed by atoms with Crippen LogP contribution < -0.4 is 10.6 Å². The SMILES string of the molecule is CC(=O)[C@H]1[C@@H](c2ccc(F)cc2)NC(=O)N[C@]1(O)C(F)(F)F. The Morgan fingerprint density at radius 3 is 2.27 bits per heavy atom. The van der Waals surface area contributed by atoms with E-state index in [2.05, 4.69) is 5.32 Å². The van der Waals surface area contributed by atoms with Gasteiger partial charge in [0.2, 0.25) is 5.72 Å². The molecule has 9 heteroatoms. The van der Waals surface area contributed by atoms with Gasteiger partial charge in [-0.3, -0.25) is 4.79 Å². The van der Waals surface area contributed by atoms with Crippen LogP contribution in [0.5, 0.6) is 0 Å². The van der Waals surface area contributed by atoms with Gasteiger partial charge < -0.3 is 15.7 Å². The molecule has 0 radical (unpaired) electrons. The van der Waals surface area contributed by atoms with E-state index in [1.54, 1.807) is 0 Å². The number of hydrogen-bond acceptors (Lipinski definition) is 3. The minimum Gasteiger partial charge on any atom is -0.363 e. The van der Waals surface area contributed by atoms with Crippen molar-refractivity contribution in [1.82, 2.24) is 10.6 Å². The first kappa shape index (κ1) is 16.2. The average molecular weight is 320 g/mol. The molecule has 0 bridgehead atoms. The quantitative estimate of drug-likeness (QED) is 0.725. The van der Waals surface area contributed by atoms with Crippen LogP contribution in [-0.2, 0) is 4.79 Å². The summed E-state index contributed by atoms with van der Waals surface area (Å²) >= 11 is 0. The van der Waals surface area contributed by atoms with Crippen molar-refractivity contribution >= 4 is 11.8 Å². The Balaban J connectivity index is 2.54. The lowest BCUT2D eigenvalue weighted by Gasteiger charge is -2.44. The zero-order chi connectivity index (χ0) is 16.7. The lowest BCUT2D eigenvalue weighted by atomic mass is 9.79. The van der Waals surface area contributed by atoms with Gasteiger partial charge in [0.1, 0.15) is 11.6 Å². The number of Topliss-reactive ketones (excluding diaryl/α,β-unsaturated/α-hetero) is 1. The van der Waals surface area contributed by atoms with Crippen LogP contribution in [0.25, 0.3) is 0 Å². The number of rotatable bonds is 2. The van der Waals surface area contributed by atoms with Crippen LogP contribution in [-0.4, -0.2) is 28.8 Å². The first-order valence-corrected chi connectivity index (χ1v) is 6.20. The molecule has 5 nitrogen and oxygen atoms in total. The first-order valence-electron chi connectivity index (χ1n) is 6.20. The van der Waals surface area contributed by atoms with Gasteiger partial charge in [0.25, 0.3) is 0 Å². The zero-order valence-corrected chi connectivity index (χ0v) is 11.2. The molecule has 1 heterocycles. The van der Waals surface area contributed by atoms with Gasteiger partial charge in [-0.2, -0.15) is 13.2 Å². The number of ketones is 1. The average Bonchev–Trinajstić information content (AvgIpc) is 2.36. The van der Waals surface area contributed by atoms with E-state index < -0.39 is 41.5 Å². The minimum absolute atomic E-state index is 0.0686. The number of amides is 2. The van der Waals surface area contributed by atoms with Crippen molar-refractivity contribution in [3.8, 4) is 0 Å². The second-order valence-corrected chi connectivity index (χ2v) is 4.98. The van der Waals surface area contributed by atoms with Gasteiger partial charge in [-0.1, -0.05) is 12.1 Å². The molecule has 0 unspecified atom stereocenters. The van der Waals surface area contributed by atoms with Gasteiger partial charge in [-0.25, -0.2) is 9.18 Å². The smallest absolute Gasteiger partial charge is 0.363 e. The lowest BCUT2D eigenvalue weighted by Crippen LogP contribution is -2.72. The Hall–Kier alpha value is -2.16.